The quantitative estimate of drug-likeness (QED) is 0.859. The van der Waals surface area contributed by atoms with Crippen LogP contribution in [0, 0.1) is 5.92 Å². The Labute approximate surface area is 116 Å². The summed E-state index contributed by atoms with van der Waals surface area (Å²) < 4.78 is 6.55. The van der Waals surface area contributed by atoms with Crippen molar-refractivity contribution in [3.8, 4) is 0 Å². The molecule has 4 heteroatoms. The van der Waals surface area contributed by atoms with Gasteiger partial charge in [-0.15, -0.1) is 0 Å². The predicted molar refractivity (Wildman–Crippen MR) is 74.1 cm³/mol. The first kappa shape index (κ1) is 13.6. The molecular formula is C14H18BrNO2. The van der Waals surface area contributed by atoms with Gasteiger partial charge in [0.05, 0.1) is 0 Å². The molecular weight excluding hydrogens is 294 g/mol. The summed E-state index contributed by atoms with van der Waals surface area (Å²) in [7, 11) is 1.83. The van der Waals surface area contributed by atoms with Crippen LogP contribution in [0.1, 0.15) is 18.9 Å². The molecule has 2 rings (SSSR count). The van der Waals surface area contributed by atoms with E-state index in [9.17, 15) is 4.79 Å². The Balaban J connectivity index is 2.01. The Kier molecular flexibility index (Phi) is 4.40. The molecule has 1 aromatic rings. The van der Waals surface area contributed by atoms with Gasteiger partial charge in [-0.2, -0.15) is 0 Å². The zero-order chi connectivity index (χ0) is 13.1. The number of ether oxygens (including phenoxy) is 1. The third-order valence-electron chi connectivity index (χ3n) is 3.37. The number of nitrogens with zero attached hydrogens (tertiary/aromatic N) is 1. The van der Waals surface area contributed by atoms with Crippen LogP contribution in [0.15, 0.2) is 28.7 Å². The van der Waals surface area contributed by atoms with Crippen LogP contribution in [0.4, 0.5) is 0 Å². The molecule has 0 saturated carbocycles. The number of carbonyl (C=O) groups is 1. The molecule has 2 unspecified atom stereocenters. The summed E-state index contributed by atoms with van der Waals surface area (Å²) in [4.78, 5) is 14.0. The van der Waals surface area contributed by atoms with Gasteiger partial charge in [0, 0.05) is 24.7 Å². The highest BCUT2D eigenvalue weighted by molar-refractivity contribution is 9.10. The molecule has 1 aliphatic rings. The van der Waals surface area contributed by atoms with Crippen molar-refractivity contribution in [2.24, 2.45) is 5.92 Å². The van der Waals surface area contributed by atoms with E-state index in [-0.39, 0.29) is 12.0 Å². The van der Waals surface area contributed by atoms with Crippen LogP contribution in [-0.4, -0.2) is 30.6 Å². The average molecular weight is 312 g/mol. The van der Waals surface area contributed by atoms with E-state index in [4.69, 9.17) is 4.74 Å². The van der Waals surface area contributed by atoms with Crippen LogP contribution >= 0.6 is 15.9 Å². The Morgan fingerprint density at radius 1 is 1.50 bits per heavy atom. The molecule has 3 nitrogen and oxygen atoms in total. The van der Waals surface area contributed by atoms with E-state index < -0.39 is 0 Å². The van der Waals surface area contributed by atoms with Gasteiger partial charge in [0.1, 0.15) is 6.10 Å². The van der Waals surface area contributed by atoms with Gasteiger partial charge in [-0.05, 0) is 24.0 Å². The van der Waals surface area contributed by atoms with Crippen molar-refractivity contribution in [2.75, 3.05) is 13.7 Å². The minimum absolute atomic E-state index is 0.0794. The van der Waals surface area contributed by atoms with Crippen LogP contribution in [0.5, 0.6) is 0 Å². The molecule has 0 aliphatic carbocycles. The zero-order valence-corrected chi connectivity index (χ0v) is 12.3. The van der Waals surface area contributed by atoms with Gasteiger partial charge in [-0.3, -0.25) is 4.79 Å². The van der Waals surface area contributed by atoms with E-state index in [2.05, 4.69) is 22.9 Å². The summed E-state index contributed by atoms with van der Waals surface area (Å²) in [5.74, 6) is 0.398. The van der Waals surface area contributed by atoms with Crippen LogP contribution in [-0.2, 0) is 16.1 Å². The van der Waals surface area contributed by atoms with Gasteiger partial charge in [0.25, 0.3) is 5.91 Å². The van der Waals surface area contributed by atoms with E-state index in [1.807, 2.05) is 31.3 Å². The maximum atomic E-state index is 12.3. The molecule has 0 aromatic heterocycles. The van der Waals surface area contributed by atoms with Crippen molar-refractivity contribution in [3.63, 3.8) is 0 Å². The lowest BCUT2D eigenvalue weighted by Gasteiger charge is -2.23. The Hall–Kier alpha value is -0.870. The molecule has 1 aromatic carbocycles. The lowest BCUT2D eigenvalue weighted by Crippen LogP contribution is -2.38. The number of hydrogen-bond donors (Lipinski definition) is 0. The second kappa shape index (κ2) is 5.85. The molecule has 1 aliphatic heterocycles. The summed E-state index contributed by atoms with van der Waals surface area (Å²) in [6.07, 6.45) is 0.705. The maximum absolute atomic E-state index is 12.3. The van der Waals surface area contributed by atoms with Gasteiger partial charge < -0.3 is 9.64 Å². The third-order valence-corrected chi connectivity index (χ3v) is 4.15. The fourth-order valence-electron chi connectivity index (χ4n) is 2.19. The van der Waals surface area contributed by atoms with Gasteiger partial charge in [-0.25, -0.2) is 0 Å². The van der Waals surface area contributed by atoms with Crippen LogP contribution < -0.4 is 0 Å². The summed E-state index contributed by atoms with van der Waals surface area (Å²) >= 11 is 3.50. The Bertz CT molecular complexity index is 436. The summed E-state index contributed by atoms with van der Waals surface area (Å²) in [6.45, 7) is 3.37. The highest BCUT2D eigenvalue weighted by Crippen LogP contribution is 2.23. The Morgan fingerprint density at radius 2 is 2.22 bits per heavy atom. The number of rotatable bonds is 3. The standard InChI is InChI=1S/C14H18BrNO2/c1-10-7-8-18-13(10)14(17)16(2)9-11-5-3-4-6-12(11)15/h3-6,10,13H,7-9H2,1-2H3. The molecule has 1 fully saturated rings. The molecule has 1 saturated heterocycles. The number of likely N-dealkylation sites (N-methyl/N-ethyl adjacent to an activating group) is 1. The van der Waals surface area contributed by atoms with Crippen molar-refractivity contribution in [2.45, 2.75) is 26.0 Å². The molecule has 0 spiro atoms. The van der Waals surface area contributed by atoms with Gasteiger partial charge in [-0.1, -0.05) is 41.1 Å². The van der Waals surface area contributed by atoms with Crippen molar-refractivity contribution >= 4 is 21.8 Å². The topological polar surface area (TPSA) is 29.5 Å². The van der Waals surface area contributed by atoms with Crippen LogP contribution in [0.25, 0.3) is 0 Å². The van der Waals surface area contributed by atoms with E-state index >= 15 is 0 Å². The minimum atomic E-state index is -0.266. The van der Waals surface area contributed by atoms with E-state index in [1.165, 1.54) is 0 Å². The monoisotopic (exact) mass is 311 g/mol. The van der Waals surface area contributed by atoms with Crippen molar-refractivity contribution < 1.29 is 9.53 Å². The molecule has 1 heterocycles. The number of benzene rings is 1. The maximum Gasteiger partial charge on any atom is 0.252 e. The van der Waals surface area contributed by atoms with Gasteiger partial charge in [0.15, 0.2) is 0 Å². The zero-order valence-electron chi connectivity index (χ0n) is 10.7. The normalized spacial score (nSPS) is 23.1. The third kappa shape index (κ3) is 2.93. The van der Waals surface area contributed by atoms with Crippen molar-refractivity contribution in [3.05, 3.63) is 34.3 Å². The highest BCUT2D eigenvalue weighted by Gasteiger charge is 2.32. The second-order valence-electron chi connectivity index (χ2n) is 4.84. The van der Waals surface area contributed by atoms with Crippen molar-refractivity contribution in [1.29, 1.82) is 0 Å². The molecule has 1 amide bonds. The SMILES string of the molecule is CC1CCOC1C(=O)N(C)Cc1ccccc1Br. The fourth-order valence-corrected chi connectivity index (χ4v) is 2.60. The van der Waals surface area contributed by atoms with E-state index in [1.54, 1.807) is 4.90 Å². The summed E-state index contributed by atoms with van der Waals surface area (Å²) in [5.41, 5.74) is 1.11. The van der Waals surface area contributed by atoms with Crippen molar-refractivity contribution in [1.82, 2.24) is 4.90 Å². The smallest absolute Gasteiger partial charge is 0.252 e. The largest absolute Gasteiger partial charge is 0.368 e. The second-order valence-corrected chi connectivity index (χ2v) is 5.70. The molecule has 2 atom stereocenters. The van der Waals surface area contributed by atoms with Gasteiger partial charge >= 0.3 is 0 Å². The Morgan fingerprint density at radius 3 is 2.83 bits per heavy atom. The number of halogens is 1. The van der Waals surface area contributed by atoms with Crippen LogP contribution in [0.2, 0.25) is 0 Å². The first-order chi connectivity index (χ1) is 8.59. The first-order valence-electron chi connectivity index (χ1n) is 6.19. The van der Waals surface area contributed by atoms with E-state index in [0.717, 1.165) is 16.5 Å². The molecule has 18 heavy (non-hydrogen) atoms. The molecule has 0 radical (unpaired) electrons. The first-order valence-corrected chi connectivity index (χ1v) is 6.99. The number of hydrogen-bond acceptors (Lipinski definition) is 2. The lowest BCUT2D eigenvalue weighted by molar-refractivity contribution is -0.141. The van der Waals surface area contributed by atoms with Gasteiger partial charge in [0.2, 0.25) is 0 Å². The highest BCUT2D eigenvalue weighted by atomic mass is 79.9. The molecule has 98 valence electrons. The molecule has 0 bridgehead atoms. The van der Waals surface area contributed by atoms with E-state index in [0.29, 0.717) is 19.1 Å². The van der Waals surface area contributed by atoms with Crippen LogP contribution in [0.3, 0.4) is 0 Å². The average Bonchev–Trinajstić information content (AvgIpc) is 2.77. The minimum Gasteiger partial charge on any atom is -0.368 e. The fraction of sp³-hybridized carbons (Fsp3) is 0.500. The predicted octanol–water partition coefficient (Wildman–Crippen LogP) is 2.83. The summed E-state index contributed by atoms with van der Waals surface area (Å²) in [6, 6.07) is 7.96. The number of amides is 1. The number of carbonyl (C=O) groups excluding carboxylic acids is 1. The summed E-state index contributed by atoms with van der Waals surface area (Å²) in [5, 5.41) is 0. The molecule has 0 N–H and O–H groups in total. The lowest BCUT2D eigenvalue weighted by atomic mass is 10.0.